The summed E-state index contributed by atoms with van der Waals surface area (Å²) in [6.45, 7) is 7.36. The fraction of sp³-hybridized carbons (Fsp3) is 0.556. The Labute approximate surface area is 149 Å². The molecule has 24 heavy (non-hydrogen) atoms. The lowest BCUT2D eigenvalue weighted by atomic mass is 10.2. The van der Waals surface area contributed by atoms with Crippen LogP contribution in [0.25, 0.3) is 0 Å². The van der Waals surface area contributed by atoms with Crippen molar-refractivity contribution in [2.45, 2.75) is 40.0 Å². The number of rotatable bonds is 9. The first kappa shape index (κ1) is 20.3. The summed E-state index contributed by atoms with van der Waals surface area (Å²) in [5, 5.41) is 0.516. The molecule has 0 N–H and O–H groups in total. The summed E-state index contributed by atoms with van der Waals surface area (Å²) in [6.07, 6.45) is 2.11. The van der Waals surface area contributed by atoms with E-state index in [1.54, 1.807) is 30.2 Å². The molecule has 0 aliphatic rings. The van der Waals surface area contributed by atoms with E-state index in [2.05, 4.69) is 13.8 Å². The molecule has 5 nitrogen and oxygen atoms in total. The monoisotopic (exact) mass is 354 g/mol. The van der Waals surface area contributed by atoms with Crippen LogP contribution in [0.4, 0.5) is 5.69 Å². The predicted molar refractivity (Wildman–Crippen MR) is 97.8 cm³/mol. The summed E-state index contributed by atoms with van der Waals surface area (Å²) in [5.74, 6) is 0.466. The van der Waals surface area contributed by atoms with Crippen LogP contribution in [0.2, 0.25) is 5.02 Å². The van der Waals surface area contributed by atoms with Gasteiger partial charge in [0.05, 0.1) is 12.8 Å². The van der Waals surface area contributed by atoms with E-state index in [0.717, 1.165) is 25.9 Å². The highest BCUT2D eigenvalue weighted by atomic mass is 35.5. The Kier molecular flexibility index (Phi) is 8.61. The zero-order valence-corrected chi connectivity index (χ0v) is 15.7. The molecule has 0 spiro atoms. The molecule has 6 heteroatoms. The topological polar surface area (TPSA) is 49.9 Å². The number of carbonyl (C=O) groups excluding carboxylic acids is 2. The van der Waals surface area contributed by atoms with E-state index in [-0.39, 0.29) is 18.2 Å². The van der Waals surface area contributed by atoms with E-state index in [9.17, 15) is 9.59 Å². The van der Waals surface area contributed by atoms with Crippen LogP contribution in [0.15, 0.2) is 18.2 Å². The second-order valence-electron chi connectivity index (χ2n) is 5.62. The maximum absolute atomic E-state index is 12.4. The summed E-state index contributed by atoms with van der Waals surface area (Å²) in [6, 6.07) is 5.11. The number of halogens is 1. The molecule has 0 bridgehead atoms. The molecule has 0 atom stereocenters. The van der Waals surface area contributed by atoms with Gasteiger partial charge in [0.25, 0.3) is 0 Å². The van der Waals surface area contributed by atoms with E-state index in [4.69, 9.17) is 16.3 Å². The Morgan fingerprint density at radius 1 is 1.12 bits per heavy atom. The van der Waals surface area contributed by atoms with Crippen molar-refractivity contribution < 1.29 is 14.3 Å². The standard InChI is InChI=1S/C18H27ClN2O3/c1-5-10-20(11-6-2)18(23)9-12-21(14(3)22)16-13-15(19)7-8-17(16)24-4/h7-8,13H,5-6,9-12H2,1-4H3. The van der Waals surface area contributed by atoms with Crippen LogP contribution in [-0.2, 0) is 9.59 Å². The Balaban J connectivity index is 2.89. The summed E-state index contributed by atoms with van der Waals surface area (Å²) in [5.41, 5.74) is 0.586. The van der Waals surface area contributed by atoms with Gasteiger partial charge in [-0.15, -0.1) is 0 Å². The summed E-state index contributed by atoms with van der Waals surface area (Å²) >= 11 is 6.05. The first-order chi connectivity index (χ1) is 11.4. The van der Waals surface area contributed by atoms with Crippen molar-refractivity contribution >= 4 is 29.1 Å². The number of ether oxygens (including phenoxy) is 1. The summed E-state index contributed by atoms with van der Waals surface area (Å²) in [4.78, 5) is 27.9. The first-order valence-corrected chi connectivity index (χ1v) is 8.71. The summed E-state index contributed by atoms with van der Waals surface area (Å²) < 4.78 is 5.31. The molecule has 1 aromatic rings. The fourth-order valence-electron chi connectivity index (χ4n) is 2.59. The van der Waals surface area contributed by atoms with Crippen molar-refractivity contribution in [1.29, 1.82) is 0 Å². The van der Waals surface area contributed by atoms with Gasteiger partial charge >= 0.3 is 0 Å². The van der Waals surface area contributed by atoms with Crippen molar-refractivity contribution in [3.8, 4) is 5.75 Å². The zero-order chi connectivity index (χ0) is 18.1. The largest absolute Gasteiger partial charge is 0.495 e. The molecular weight excluding hydrogens is 328 g/mol. The highest BCUT2D eigenvalue weighted by molar-refractivity contribution is 6.31. The predicted octanol–water partition coefficient (Wildman–Crippen LogP) is 3.74. The van der Waals surface area contributed by atoms with E-state index < -0.39 is 0 Å². The van der Waals surface area contributed by atoms with Crippen LogP contribution in [0.3, 0.4) is 0 Å². The average molecular weight is 355 g/mol. The smallest absolute Gasteiger partial charge is 0.224 e. The van der Waals surface area contributed by atoms with Gasteiger partial charge in [0.15, 0.2) is 0 Å². The molecule has 1 rings (SSSR count). The third kappa shape index (κ3) is 5.71. The van der Waals surface area contributed by atoms with Gasteiger partial charge in [0.2, 0.25) is 11.8 Å². The van der Waals surface area contributed by atoms with Gasteiger partial charge in [-0.05, 0) is 31.0 Å². The lowest BCUT2D eigenvalue weighted by Crippen LogP contribution is -2.37. The van der Waals surface area contributed by atoms with E-state index in [1.807, 2.05) is 4.90 Å². The van der Waals surface area contributed by atoms with E-state index in [1.165, 1.54) is 6.92 Å². The normalized spacial score (nSPS) is 10.4. The molecule has 0 saturated carbocycles. The fourth-order valence-corrected chi connectivity index (χ4v) is 2.75. The minimum absolute atomic E-state index is 0.0611. The maximum Gasteiger partial charge on any atom is 0.224 e. The van der Waals surface area contributed by atoms with Gasteiger partial charge < -0.3 is 14.5 Å². The number of nitrogens with zero attached hydrogens (tertiary/aromatic N) is 2. The van der Waals surface area contributed by atoms with Gasteiger partial charge in [0, 0.05) is 38.0 Å². The molecule has 134 valence electrons. The first-order valence-electron chi connectivity index (χ1n) is 8.33. The number of hydrogen-bond acceptors (Lipinski definition) is 3. The minimum Gasteiger partial charge on any atom is -0.495 e. The van der Waals surface area contributed by atoms with E-state index >= 15 is 0 Å². The van der Waals surface area contributed by atoms with E-state index in [0.29, 0.717) is 23.0 Å². The molecule has 0 radical (unpaired) electrons. The number of anilines is 1. The quantitative estimate of drug-likeness (QED) is 0.678. The molecule has 1 aromatic carbocycles. The average Bonchev–Trinajstić information content (AvgIpc) is 2.54. The number of amides is 2. The lowest BCUT2D eigenvalue weighted by Gasteiger charge is -2.26. The van der Waals surface area contributed by atoms with Crippen LogP contribution in [-0.4, -0.2) is 43.5 Å². The van der Waals surface area contributed by atoms with Crippen LogP contribution < -0.4 is 9.64 Å². The molecule has 0 heterocycles. The minimum atomic E-state index is -0.152. The van der Waals surface area contributed by atoms with Crippen LogP contribution in [0.5, 0.6) is 5.75 Å². The van der Waals surface area contributed by atoms with Crippen LogP contribution in [0.1, 0.15) is 40.0 Å². The van der Waals surface area contributed by atoms with Crippen molar-refractivity contribution in [3.05, 3.63) is 23.2 Å². The van der Waals surface area contributed by atoms with Gasteiger partial charge in [-0.1, -0.05) is 25.4 Å². The van der Waals surface area contributed by atoms with Crippen molar-refractivity contribution in [3.63, 3.8) is 0 Å². The lowest BCUT2D eigenvalue weighted by molar-refractivity contribution is -0.131. The third-order valence-electron chi connectivity index (χ3n) is 3.70. The molecule has 0 aromatic heterocycles. The van der Waals surface area contributed by atoms with Crippen molar-refractivity contribution in [1.82, 2.24) is 4.90 Å². The van der Waals surface area contributed by atoms with Gasteiger partial charge in [-0.2, -0.15) is 0 Å². The second kappa shape index (κ2) is 10.2. The van der Waals surface area contributed by atoms with Crippen molar-refractivity contribution in [2.75, 3.05) is 31.6 Å². The molecule has 0 unspecified atom stereocenters. The number of methoxy groups -OCH3 is 1. The van der Waals surface area contributed by atoms with Crippen LogP contribution in [0, 0.1) is 0 Å². The zero-order valence-electron chi connectivity index (χ0n) is 15.0. The molecule has 0 aliphatic carbocycles. The number of hydrogen-bond donors (Lipinski definition) is 0. The van der Waals surface area contributed by atoms with Gasteiger partial charge in [0.1, 0.15) is 5.75 Å². The highest BCUT2D eigenvalue weighted by Crippen LogP contribution is 2.31. The second-order valence-corrected chi connectivity index (χ2v) is 6.05. The molecule has 0 saturated heterocycles. The van der Waals surface area contributed by atoms with Gasteiger partial charge in [-0.25, -0.2) is 0 Å². The van der Waals surface area contributed by atoms with Crippen LogP contribution >= 0.6 is 11.6 Å². The molecule has 2 amide bonds. The third-order valence-corrected chi connectivity index (χ3v) is 3.94. The summed E-state index contributed by atoms with van der Waals surface area (Å²) in [7, 11) is 1.54. The Bertz CT molecular complexity index is 557. The van der Waals surface area contributed by atoms with Gasteiger partial charge in [-0.3, -0.25) is 9.59 Å². The Morgan fingerprint density at radius 2 is 1.75 bits per heavy atom. The number of carbonyl (C=O) groups is 2. The molecular formula is C18H27ClN2O3. The Morgan fingerprint density at radius 3 is 2.25 bits per heavy atom. The number of benzene rings is 1. The highest BCUT2D eigenvalue weighted by Gasteiger charge is 2.19. The van der Waals surface area contributed by atoms with Crippen molar-refractivity contribution in [2.24, 2.45) is 0 Å². The molecule has 0 fully saturated rings. The Hall–Kier alpha value is -1.75. The molecule has 0 aliphatic heterocycles. The maximum atomic E-state index is 12.4. The SMILES string of the molecule is CCCN(CCC)C(=O)CCN(C(C)=O)c1cc(Cl)ccc1OC.